The van der Waals surface area contributed by atoms with Crippen molar-refractivity contribution in [2.24, 2.45) is 5.41 Å². The van der Waals surface area contributed by atoms with E-state index >= 15 is 0 Å². The molecule has 0 aromatic carbocycles. The normalized spacial score (nSPS) is 25.9. The number of carbonyl (C=O) groups is 1. The second kappa shape index (κ2) is 7.68. The Balaban J connectivity index is 0.00000196. The number of aliphatic hydroxyl groups is 1. The molecule has 0 bridgehead atoms. The maximum absolute atomic E-state index is 12.9. The number of nitrogens with one attached hydrogen (secondary N) is 2. The Morgan fingerprint density at radius 2 is 2.31 bits per heavy atom. The first kappa shape index (κ1) is 19.4. The van der Waals surface area contributed by atoms with Crippen LogP contribution in [0.4, 0.5) is 0 Å². The lowest BCUT2D eigenvalue weighted by Crippen LogP contribution is -2.58. The highest BCUT2D eigenvalue weighted by atomic mass is 35.5. The van der Waals surface area contributed by atoms with E-state index in [2.05, 4.69) is 28.5 Å². The number of halogens is 1. The number of rotatable bonds is 2. The highest BCUT2D eigenvalue weighted by molar-refractivity contribution is 7.15. The molecule has 0 unspecified atom stereocenters. The van der Waals surface area contributed by atoms with Crippen LogP contribution in [0.15, 0.2) is 18.2 Å². The fourth-order valence-electron chi connectivity index (χ4n) is 4.05. The van der Waals surface area contributed by atoms with Gasteiger partial charge in [0, 0.05) is 29.9 Å². The molecule has 2 fully saturated rings. The molecule has 3 N–H and O–H groups in total. The SMILES string of the molecule is Cc1ccc(-c2cc(C(=O)N3CCC[C@]4(CNCC[C@@H]4O)C3)n[nH]2)s1.Cl. The van der Waals surface area contributed by atoms with Crippen LogP contribution in [0.2, 0.25) is 0 Å². The van der Waals surface area contributed by atoms with Gasteiger partial charge < -0.3 is 15.3 Å². The van der Waals surface area contributed by atoms with Crippen LogP contribution < -0.4 is 5.32 Å². The first-order valence-corrected chi connectivity index (χ1v) is 9.69. The van der Waals surface area contributed by atoms with E-state index in [4.69, 9.17) is 0 Å². The molecule has 6 nitrogen and oxygen atoms in total. The number of carbonyl (C=O) groups excluding carboxylic acids is 1. The van der Waals surface area contributed by atoms with E-state index in [0.29, 0.717) is 12.2 Å². The fourth-order valence-corrected chi connectivity index (χ4v) is 4.88. The minimum Gasteiger partial charge on any atom is -0.392 e. The molecule has 4 heterocycles. The van der Waals surface area contributed by atoms with E-state index in [1.165, 1.54) is 4.88 Å². The lowest BCUT2D eigenvalue weighted by molar-refractivity contribution is -0.0434. The van der Waals surface area contributed by atoms with E-state index < -0.39 is 0 Å². The summed E-state index contributed by atoms with van der Waals surface area (Å²) in [7, 11) is 0. The van der Waals surface area contributed by atoms with Crippen LogP contribution in [-0.4, -0.2) is 58.4 Å². The zero-order valence-corrected chi connectivity index (χ0v) is 16.5. The van der Waals surface area contributed by atoms with Gasteiger partial charge in [-0.3, -0.25) is 9.89 Å². The largest absolute Gasteiger partial charge is 0.392 e. The number of aromatic amines is 1. The molecule has 2 aliphatic rings. The number of nitrogens with zero attached hydrogens (tertiary/aromatic N) is 2. The Hall–Kier alpha value is -1.41. The van der Waals surface area contributed by atoms with Crippen molar-refractivity contribution in [1.82, 2.24) is 20.4 Å². The number of thiophene rings is 1. The van der Waals surface area contributed by atoms with E-state index in [9.17, 15) is 9.90 Å². The average Bonchev–Trinajstić information content (AvgIpc) is 3.26. The van der Waals surface area contributed by atoms with Crippen molar-refractivity contribution < 1.29 is 9.90 Å². The summed E-state index contributed by atoms with van der Waals surface area (Å²) in [6.07, 6.45) is 2.30. The highest BCUT2D eigenvalue weighted by Crippen LogP contribution is 2.37. The Labute approximate surface area is 163 Å². The molecule has 2 saturated heterocycles. The number of aryl methyl sites for hydroxylation is 1. The van der Waals surface area contributed by atoms with Crippen LogP contribution in [0, 0.1) is 12.3 Å². The maximum atomic E-state index is 12.9. The molecule has 0 saturated carbocycles. The Morgan fingerprint density at radius 1 is 1.46 bits per heavy atom. The van der Waals surface area contributed by atoms with E-state index in [0.717, 1.165) is 49.5 Å². The smallest absolute Gasteiger partial charge is 0.274 e. The number of amides is 1. The van der Waals surface area contributed by atoms with Gasteiger partial charge in [0.15, 0.2) is 5.69 Å². The van der Waals surface area contributed by atoms with Gasteiger partial charge >= 0.3 is 0 Å². The number of likely N-dealkylation sites (tertiary alicyclic amines) is 1. The predicted octanol–water partition coefficient (Wildman–Crippen LogP) is 2.45. The van der Waals surface area contributed by atoms with Crippen LogP contribution in [0.25, 0.3) is 10.6 Å². The van der Waals surface area contributed by atoms with Gasteiger partial charge in [0.2, 0.25) is 0 Å². The van der Waals surface area contributed by atoms with Crippen LogP contribution in [0.3, 0.4) is 0 Å². The number of piperidine rings is 2. The van der Waals surface area contributed by atoms with Crippen molar-refractivity contribution in [1.29, 1.82) is 0 Å². The van der Waals surface area contributed by atoms with Gasteiger partial charge in [-0.1, -0.05) is 0 Å². The molecular formula is C18H25ClN4O2S. The van der Waals surface area contributed by atoms with Gasteiger partial charge in [-0.25, -0.2) is 0 Å². The number of aromatic nitrogens is 2. The summed E-state index contributed by atoms with van der Waals surface area (Å²) in [6.45, 7) is 5.01. The van der Waals surface area contributed by atoms with Crippen molar-refractivity contribution >= 4 is 29.7 Å². The third-order valence-electron chi connectivity index (χ3n) is 5.48. The van der Waals surface area contributed by atoms with Crippen molar-refractivity contribution in [3.8, 4) is 10.6 Å². The maximum Gasteiger partial charge on any atom is 0.274 e. The van der Waals surface area contributed by atoms with Crippen molar-refractivity contribution in [3.05, 3.63) is 28.8 Å². The quantitative estimate of drug-likeness (QED) is 0.728. The molecule has 1 spiro atoms. The van der Waals surface area contributed by atoms with E-state index in [1.54, 1.807) is 11.3 Å². The van der Waals surface area contributed by atoms with Gasteiger partial charge in [0.25, 0.3) is 5.91 Å². The highest BCUT2D eigenvalue weighted by Gasteiger charge is 2.44. The Morgan fingerprint density at radius 3 is 3.04 bits per heavy atom. The molecule has 0 aliphatic carbocycles. The first-order chi connectivity index (χ1) is 12.1. The summed E-state index contributed by atoms with van der Waals surface area (Å²) in [4.78, 5) is 17.1. The summed E-state index contributed by atoms with van der Waals surface area (Å²) >= 11 is 1.68. The molecular weight excluding hydrogens is 372 g/mol. The average molecular weight is 397 g/mol. The van der Waals surface area contributed by atoms with Crippen LogP contribution in [0.5, 0.6) is 0 Å². The fraction of sp³-hybridized carbons (Fsp3) is 0.556. The summed E-state index contributed by atoms with van der Waals surface area (Å²) in [5.74, 6) is -0.0485. The van der Waals surface area contributed by atoms with Gasteiger partial charge in [-0.05, 0) is 50.9 Å². The minimum absolute atomic E-state index is 0. The molecule has 142 valence electrons. The molecule has 2 aromatic rings. The third kappa shape index (κ3) is 3.53. The number of aliphatic hydroxyl groups excluding tert-OH is 1. The van der Waals surface area contributed by atoms with Gasteiger partial charge in [-0.15, -0.1) is 23.7 Å². The van der Waals surface area contributed by atoms with Crippen LogP contribution in [0.1, 0.15) is 34.6 Å². The monoisotopic (exact) mass is 396 g/mol. The Bertz CT molecular complexity index is 773. The number of H-pyrrole nitrogens is 1. The summed E-state index contributed by atoms with van der Waals surface area (Å²) in [5, 5.41) is 21.1. The number of hydrogen-bond acceptors (Lipinski definition) is 5. The first-order valence-electron chi connectivity index (χ1n) is 8.88. The summed E-state index contributed by atoms with van der Waals surface area (Å²) in [5.41, 5.74) is 1.12. The topological polar surface area (TPSA) is 81.2 Å². The van der Waals surface area contributed by atoms with E-state index in [1.807, 2.05) is 17.0 Å². The lowest BCUT2D eigenvalue weighted by Gasteiger charge is -2.48. The summed E-state index contributed by atoms with van der Waals surface area (Å²) in [6, 6.07) is 5.94. The molecule has 2 aliphatic heterocycles. The van der Waals surface area contributed by atoms with Crippen molar-refractivity contribution in [2.45, 2.75) is 32.3 Å². The summed E-state index contributed by atoms with van der Waals surface area (Å²) < 4.78 is 0. The molecule has 4 rings (SSSR count). The minimum atomic E-state index is -0.340. The molecule has 2 atom stereocenters. The lowest BCUT2D eigenvalue weighted by atomic mass is 9.72. The van der Waals surface area contributed by atoms with Gasteiger partial charge in [-0.2, -0.15) is 5.10 Å². The third-order valence-corrected chi connectivity index (χ3v) is 6.51. The number of hydrogen-bond donors (Lipinski definition) is 3. The van der Waals surface area contributed by atoms with Gasteiger partial charge in [0.05, 0.1) is 16.7 Å². The molecule has 2 aromatic heterocycles. The van der Waals surface area contributed by atoms with E-state index in [-0.39, 0.29) is 29.8 Å². The molecule has 26 heavy (non-hydrogen) atoms. The predicted molar refractivity (Wildman–Crippen MR) is 105 cm³/mol. The van der Waals surface area contributed by atoms with Crippen molar-refractivity contribution in [2.75, 3.05) is 26.2 Å². The van der Waals surface area contributed by atoms with Crippen LogP contribution >= 0.6 is 23.7 Å². The molecule has 8 heteroatoms. The van der Waals surface area contributed by atoms with Crippen molar-refractivity contribution in [3.63, 3.8) is 0 Å². The zero-order chi connectivity index (χ0) is 17.4. The molecule has 1 amide bonds. The second-order valence-electron chi connectivity index (χ2n) is 7.25. The van der Waals surface area contributed by atoms with Crippen LogP contribution in [-0.2, 0) is 0 Å². The molecule has 0 radical (unpaired) electrons. The van der Waals surface area contributed by atoms with Gasteiger partial charge in [0.1, 0.15) is 0 Å². The standard InChI is InChI=1S/C18H24N4O2S.ClH/c1-12-3-4-15(25-12)13-9-14(21-20-13)17(24)22-8-2-6-18(11-22)10-19-7-5-16(18)23;/h3-4,9,16,19,23H,2,5-8,10-11H2,1H3,(H,20,21);1H/t16-,18-;/m0./s1. The second-order valence-corrected chi connectivity index (χ2v) is 8.54. The Kier molecular flexibility index (Phi) is 5.72. The zero-order valence-electron chi connectivity index (χ0n) is 14.8.